The fourth-order valence-corrected chi connectivity index (χ4v) is 5.04. The number of fused-ring (bicyclic) bond motifs is 1. The molecule has 156 valence electrons. The first kappa shape index (κ1) is 18.8. The van der Waals surface area contributed by atoms with E-state index < -0.39 is 0 Å². The molecule has 4 heterocycles. The van der Waals surface area contributed by atoms with E-state index in [2.05, 4.69) is 44.4 Å². The molecular formula is C22H26N6O2. The summed E-state index contributed by atoms with van der Waals surface area (Å²) in [6, 6.07) is 12.4. The second kappa shape index (κ2) is 7.27. The molecule has 2 aliphatic rings. The summed E-state index contributed by atoms with van der Waals surface area (Å²) >= 11 is 0. The number of likely N-dealkylation sites (tertiary alicyclic amines) is 1. The minimum absolute atomic E-state index is 0.0125. The van der Waals surface area contributed by atoms with Gasteiger partial charge in [0.15, 0.2) is 0 Å². The van der Waals surface area contributed by atoms with Crippen LogP contribution >= 0.6 is 0 Å². The first-order valence-corrected chi connectivity index (χ1v) is 10.4. The van der Waals surface area contributed by atoms with Gasteiger partial charge in [-0.2, -0.15) is 10.1 Å². The van der Waals surface area contributed by atoms with Crippen LogP contribution in [0.1, 0.15) is 28.4 Å². The Labute approximate surface area is 175 Å². The molecule has 0 spiro atoms. The lowest BCUT2D eigenvalue weighted by atomic mass is 9.76. The normalized spacial score (nSPS) is 23.2. The Balaban J connectivity index is 1.39. The van der Waals surface area contributed by atoms with Gasteiger partial charge in [-0.1, -0.05) is 30.3 Å². The lowest BCUT2D eigenvalue weighted by molar-refractivity contribution is 0.0759. The number of hydrogen-bond donors (Lipinski definition) is 0. The maximum atomic E-state index is 13.1. The maximum absolute atomic E-state index is 13.1. The molecule has 0 radical (unpaired) electrons. The van der Waals surface area contributed by atoms with Gasteiger partial charge in [0.25, 0.3) is 11.9 Å². The molecule has 0 N–H and O–H groups in total. The number of nitrogens with zero attached hydrogens (tertiary/aromatic N) is 6. The van der Waals surface area contributed by atoms with Crippen molar-refractivity contribution in [1.82, 2.24) is 24.8 Å². The molecule has 2 aliphatic heterocycles. The Hall–Kier alpha value is -3.16. The molecule has 8 heteroatoms. The third-order valence-electron chi connectivity index (χ3n) is 6.64. The Morgan fingerprint density at radius 1 is 1.20 bits per heavy atom. The van der Waals surface area contributed by atoms with Gasteiger partial charge in [-0.25, -0.2) is 0 Å². The van der Waals surface area contributed by atoms with Gasteiger partial charge in [0.2, 0.25) is 5.89 Å². The van der Waals surface area contributed by atoms with Gasteiger partial charge < -0.3 is 14.3 Å². The molecule has 5 rings (SSSR count). The average Bonchev–Trinajstić information content (AvgIpc) is 3.50. The van der Waals surface area contributed by atoms with Crippen molar-refractivity contribution in [2.45, 2.75) is 19.8 Å². The van der Waals surface area contributed by atoms with E-state index in [0.717, 1.165) is 39.0 Å². The van der Waals surface area contributed by atoms with Gasteiger partial charge in [-0.15, -0.1) is 0 Å². The van der Waals surface area contributed by atoms with Gasteiger partial charge in [0.05, 0.1) is 0 Å². The topological polar surface area (TPSA) is 80.3 Å². The summed E-state index contributed by atoms with van der Waals surface area (Å²) in [5, 5.41) is 8.29. The van der Waals surface area contributed by atoms with Crippen molar-refractivity contribution in [2.24, 2.45) is 18.4 Å². The van der Waals surface area contributed by atoms with Crippen molar-refractivity contribution in [3.63, 3.8) is 0 Å². The quantitative estimate of drug-likeness (QED) is 0.647. The molecule has 2 atom stereocenters. The van der Waals surface area contributed by atoms with E-state index in [1.807, 2.05) is 24.9 Å². The number of carbonyl (C=O) groups is 1. The SMILES string of the molecule is Cc1nc(N2C[C@H]3CN(C(=O)c4ccnn4C)C[C@@]3(CCc3ccccc3)C2)no1. The summed E-state index contributed by atoms with van der Waals surface area (Å²) < 4.78 is 6.86. The van der Waals surface area contributed by atoms with Crippen LogP contribution in [0.15, 0.2) is 47.1 Å². The fraction of sp³-hybridized carbons (Fsp3) is 0.455. The number of carbonyl (C=O) groups excluding carboxylic acids is 1. The van der Waals surface area contributed by atoms with Crippen LogP contribution in [0.25, 0.3) is 0 Å². The van der Waals surface area contributed by atoms with E-state index in [1.54, 1.807) is 16.9 Å². The molecule has 1 amide bonds. The number of aromatic nitrogens is 4. The van der Waals surface area contributed by atoms with Crippen molar-refractivity contribution in [3.05, 3.63) is 59.7 Å². The summed E-state index contributed by atoms with van der Waals surface area (Å²) in [6.45, 7) is 4.96. The number of hydrogen-bond acceptors (Lipinski definition) is 6. The van der Waals surface area contributed by atoms with Crippen LogP contribution in [0.3, 0.4) is 0 Å². The van der Waals surface area contributed by atoms with Crippen LogP contribution in [0, 0.1) is 18.3 Å². The van der Waals surface area contributed by atoms with Crippen molar-refractivity contribution >= 4 is 11.9 Å². The fourth-order valence-electron chi connectivity index (χ4n) is 5.04. The molecule has 1 aromatic carbocycles. The molecule has 0 bridgehead atoms. The zero-order valence-electron chi connectivity index (χ0n) is 17.4. The largest absolute Gasteiger partial charge is 0.338 e. The molecule has 0 unspecified atom stereocenters. The van der Waals surface area contributed by atoms with Crippen molar-refractivity contribution in [2.75, 3.05) is 31.1 Å². The Kier molecular flexibility index (Phi) is 4.56. The predicted octanol–water partition coefficient (Wildman–Crippen LogP) is 2.32. The van der Waals surface area contributed by atoms with E-state index >= 15 is 0 Å². The average molecular weight is 406 g/mol. The van der Waals surface area contributed by atoms with Crippen molar-refractivity contribution in [1.29, 1.82) is 0 Å². The number of anilines is 1. The molecule has 0 aliphatic carbocycles. The highest BCUT2D eigenvalue weighted by Gasteiger charge is 2.54. The number of rotatable bonds is 5. The lowest BCUT2D eigenvalue weighted by Crippen LogP contribution is -2.38. The minimum atomic E-state index is 0.0125. The van der Waals surface area contributed by atoms with Gasteiger partial charge in [0.1, 0.15) is 5.69 Å². The zero-order chi connectivity index (χ0) is 20.7. The third-order valence-corrected chi connectivity index (χ3v) is 6.64. The molecular weight excluding hydrogens is 380 g/mol. The zero-order valence-corrected chi connectivity index (χ0v) is 17.4. The molecule has 3 aromatic rings. The van der Waals surface area contributed by atoms with Gasteiger partial charge in [0, 0.05) is 57.7 Å². The highest BCUT2D eigenvalue weighted by Crippen LogP contribution is 2.47. The Morgan fingerprint density at radius 2 is 2.03 bits per heavy atom. The highest BCUT2D eigenvalue weighted by atomic mass is 16.5. The van der Waals surface area contributed by atoms with Gasteiger partial charge >= 0.3 is 0 Å². The Morgan fingerprint density at radius 3 is 2.73 bits per heavy atom. The summed E-state index contributed by atoms with van der Waals surface area (Å²) in [5.74, 6) is 1.67. The smallest absolute Gasteiger partial charge is 0.272 e. The van der Waals surface area contributed by atoms with E-state index in [0.29, 0.717) is 23.5 Å². The molecule has 2 aromatic heterocycles. The number of amides is 1. The number of aryl methyl sites for hydroxylation is 3. The summed E-state index contributed by atoms with van der Waals surface area (Å²) in [6.07, 6.45) is 3.68. The number of benzene rings is 1. The first-order chi connectivity index (χ1) is 14.5. The van der Waals surface area contributed by atoms with E-state index in [-0.39, 0.29) is 11.3 Å². The summed E-state index contributed by atoms with van der Waals surface area (Å²) in [7, 11) is 1.82. The lowest BCUT2D eigenvalue weighted by Gasteiger charge is -2.29. The third kappa shape index (κ3) is 3.26. The van der Waals surface area contributed by atoms with E-state index in [9.17, 15) is 4.79 Å². The highest BCUT2D eigenvalue weighted by molar-refractivity contribution is 5.92. The molecule has 2 saturated heterocycles. The van der Waals surface area contributed by atoms with Crippen LogP contribution in [0.4, 0.5) is 5.95 Å². The monoisotopic (exact) mass is 406 g/mol. The standard InChI is InChI=1S/C22H26N6O2/c1-16-24-21(25-30-16)28-13-18-12-27(20(29)19-9-11-23-26(19)2)14-22(18,15-28)10-8-17-6-4-3-5-7-17/h3-7,9,11,18H,8,10,12-15H2,1-2H3/t18-,22+/m1/s1. The van der Waals surface area contributed by atoms with Crippen molar-refractivity contribution < 1.29 is 9.32 Å². The second-order valence-corrected chi connectivity index (χ2v) is 8.56. The van der Waals surface area contributed by atoms with Crippen LogP contribution < -0.4 is 4.90 Å². The van der Waals surface area contributed by atoms with Crippen LogP contribution in [-0.2, 0) is 13.5 Å². The molecule has 8 nitrogen and oxygen atoms in total. The maximum Gasteiger partial charge on any atom is 0.272 e. The van der Waals surface area contributed by atoms with Crippen LogP contribution in [0.5, 0.6) is 0 Å². The first-order valence-electron chi connectivity index (χ1n) is 10.4. The predicted molar refractivity (Wildman–Crippen MR) is 111 cm³/mol. The van der Waals surface area contributed by atoms with Gasteiger partial charge in [-0.3, -0.25) is 9.48 Å². The molecule has 30 heavy (non-hydrogen) atoms. The van der Waals surface area contributed by atoms with E-state index in [1.165, 1.54) is 5.56 Å². The Bertz CT molecular complexity index is 1040. The second-order valence-electron chi connectivity index (χ2n) is 8.56. The minimum Gasteiger partial charge on any atom is -0.338 e. The van der Waals surface area contributed by atoms with Crippen LogP contribution in [0.2, 0.25) is 0 Å². The van der Waals surface area contributed by atoms with Crippen LogP contribution in [-0.4, -0.2) is 56.9 Å². The van der Waals surface area contributed by atoms with Crippen molar-refractivity contribution in [3.8, 4) is 0 Å². The molecule has 2 fully saturated rings. The summed E-state index contributed by atoms with van der Waals surface area (Å²) in [5.41, 5.74) is 1.98. The molecule has 0 saturated carbocycles. The summed E-state index contributed by atoms with van der Waals surface area (Å²) in [4.78, 5) is 21.8. The van der Waals surface area contributed by atoms with E-state index in [4.69, 9.17) is 4.52 Å². The van der Waals surface area contributed by atoms with Gasteiger partial charge in [-0.05, 0) is 29.6 Å².